The first-order chi connectivity index (χ1) is 8.58. The number of ether oxygens (including phenoxy) is 1. The number of rotatable bonds is 4. The minimum Gasteiger partial charge on any atom is -0.491 e. The van der Waals surface area contributed by atoms with Crippen molar-refractivity contribution in [2.24, 2.45) is 5.92 Å². The maximum absolute atomic E-state index is 11.1. The van der Waals surface area contributed by atoms with Crippen molar-refractivity contribution >= 4 is 29.2 Å². The largest absolute Gasteiger partial charge is 0.491 e. The molecule has 0 radical (unpaired) electrons. The highest BCUT2D eigenvalue weighted by atomic mass is 35.5. The Hall–Kier alpha value is -0.930. The first-order valence-corrected chi connectivity index (χ1v) is 6.68. The summed E-state index contributed by atoms with van der Waals surface area (Å²) in [6.45, 7) is 0.516. The van der Waals surface area contributed by atoms with Crippen molar-refractivity contribution in [1.82, 2.24) is 0 Å². The molecular formula is C13H14Cl2O3. The molecule has 1 aliphatic rings. The fourth-order valence-electron chi connectivity index (χ4n) is 2.24. The maximum Gasteiger partial charge on any atom is 0.339 e. The fourth-order valence-corrected chi connectivity index (χ4v) is 2.79. The summed E-state index contributed by atoms with van der Waals surface area (Å²) < 4.78 is 5.60. The lowest BCUT2D eigenvalue weighted by Gasteiger charge is -2.14. The summed E-state index contributed by atoms with van der Waals surface area (Å²) in [5.74, 6) is -0.361. The summed E-state index contributed by atoms with van der Waals surface area (Å²) >= 11 is 11.8. The average Bonchev–Trinajstić information content (AvgIpc) is 2.79. The van der Waals surface area contributed by atoms with Crippen molar-refractivity contribution in [1.29, 1.82) is 0 Å². The number of carboxylic acid groups (broad SMARTS) is 1. The van der Waals surface area contributed by atoms with Crippen LogP contribution in [0, 0.1) is 5.92 Å². The SMILES string of the molecule is O=C(O)c1cc(Cl)cc(Cl)c1OCC1CCCC1. The number of hydrogen-bond donors (Lipinski definition) is 1. The van der Waals surface area contributed by atoms with Gasteiger partial charge >= 0.3 is 5.97 Å². The first kappa shape index (κ1) is 13.5. The van der Waals surface area contributed by atoms with Crippen LogP contribution in [0.3, 0.4) is 0 Å². The number of hydrogen-bond acceptors (Lipinski definition) is 2. The van der Waals surface area contributed by atoms with Gasteiger partial charge in [0, 0.05) is 5.02 Å². The number of halogens is 2. The zero-order valence-corrected chi connectivity index (χ0v) is 11.3. The molecule has 3 nitrogen and oxygen atoms in total. The van der Waals surface area contributed by atoms with Crippen LogP contribution in [0.1, 0.15) is 36.0 Å². The lowest BCUT2D eigenvalue weighted by Crippen LogP contribution is -2.11. The molecule has 98 valence electrons. The normalized spacial score (nSPS) is 15.9. The van der Waals surface area contributed by atoms with Gasteiger partial charge in [-0.05, 0) is 30.9 Å². The van der Waals surface area contributed by atoms with E-state index in [1.165, 1.54) is 25.0 Å². The van der Waals surface area contributed by atoms with Crippen molar-refractivity contribution < 1.29 is 14.6 Å². The second-order valence-corrected chi connectivity index (χ2v) is 5.37. The third-order valence-electron chi connectivity index (χ3n) is 3.18. The highest BCUT2D eigenvalue weighted by Gasteiger charge is 2.20. The van der Waals surface area contributed by atoms with Crippen LogP contribution in [0.25, 0.3) is 0 Å². The van der Waals surface area contributed by atoms with Crippen molar-refractivity contribution in [3.05, 3.63) is 27.7 Å². The van der Waals surface area contributed by atoms with Crippen LogP contribution in [0.15, 0.2) is 12.1 Å². The molecule has 18 heavy (non-hydrogen) atoms. The van der Waals surface area contributed by atoms with Crippen LogP contribution in [0.4, 0.5) is 0 Å². The van der Waals surface area contributed by atoms with Crippen LogP contribution in [0.2, 0.25) is 10.0 Å². The second kappa shape index (κ2) is 5.81. The van der Waals surface area contributed by atoms with Crippen LogP contribution >= 0.6 is 23.2 Å². The molecule has 0 atom stereocenters. The predicted molar refractivity (Wildman–Crippen MR) is 70.9 cm³/mol. The van der Waals surface area contributed by atoms with E-state index in [9.17, 15) is 4.79 Å². The minimum atomic E-state index is -1.08. The molecule has 0 aliphatic heterocycles. The quantitative estimate of drug-likeness (QED) is 0.900. The van der Waals surface area contributed by atoms with Crippen LogP contribution < -0.4 is 4.74 Å². The highest BCUT2D eigenvalue weighted by molar-refractivity contribution is 6.36. The minimum absolute atomic E-state index is 0.0190. The molecule has 0 amide bonds. The summed E-state index contributed by atoms with van der Waals surface area (Å²) in [4.78, 5) is 11.1. The van der Waals surface area contributed by atoms with Gasteiger partial charge in [-0.15, -0.1) is 0 Å². The van der Waals surface area contributed by atoms with Crippen LogP contribution in [0.5, 0.6) is 5.75 Å². The Morgan fingerprint density at radius 1 is 1.33 bits per heavy atom. The number of carbonyl (C=O) groups is 1. The average molecular weight is 289 g/mol. The second-order valence-electron chi connectivity index (χ2n) is 4.53. The van der Waals surface area contributed by atoms with Crippen molar-refractivity contribution in [2.45, 2.75) is 25.7 Å². The molecule has 0 saturated heterocycles. The molecule has 1 fully saturated rings. The van der Waals surface area contributed by atoms with Gasteiger partial charge in [0.25, 0.3) is 0 Å². The summed E-state index contributed by atoms with van der Waals surface area (Å²) in [5.41, 5.74) is 0.0190. The Labute approximate surface area is 116 Å². The lowest BCUT2D eigenvalue weighted by molar-refractivity contribution is 0.0691. The molecule has 1 saturated carbocycles. The molecular weight excluding hydrogens is 275 g/mol. The molecule has 0 aromatic heterocycles. The molecule has 5 heteroatoms. The standard InChI is InChI=1S/C13H14Cl2O3/c14-9-5-10(13(16)17)12(11(15)6-9)18-7-8-3-1-2-4-8/h5-6,8H,1-4,7H2,(H,16,17). The molecule has 2 rings (SSSR count). The van der Waals surface area contributed by atoms with E-state index in [0.717, 1.165) is 12.8 Å². The third-order valence-corrected chi connectivity index (χ3v) is 3.68. The Balaban J connectivity index is 2.17. The summed E-state index contributed by atoms with van der Waals surface area (Å²) in [6, 6.07) is 2.86. The molecule has 0 unspecified atom stereocenters. The van der Waals surface area contributed by atoms with Gasteiger partial charge in [-0.1, -0.05) is 36.0 Å². The van der Waals surface area contributed by atoms with E-state index in [0.29, 0.717) is 17.5 Å². The molecule has 0 bridgehead atoms. The molecule has 0 heterocycles. The zero-order chi connectivity index (χ0) is 13.1. The predicted octanol–water partition coefficient (Wildman–Crippen LogP) is 4.26. The molecule has 1 N–H and O–H groups in total. The third kappa shape index (κ3) is 3.09. The number of benzene rings is 1. The summed E-state index contributed by atoms with van der Waals surface area (Å²) in [5, 5.41) is 9.65. The van der Waals surface area contributed by atoms with Crippen LogP contribution in [-0.2, 0) is 0 Å². The van der Waals surface area contributed by atoms with Gasteiger partial charge in [0.2, 0.25) is 0 Å². The van der Waals surface area contributed by atoms with Gasteiger partial charge in [-0.25, -0.2) is 4.79 Å². The van der Waals surface area contributed by atoms with Crippen molar-refractivity contribution in [2.75, 3.05) is 6.61 Å². The van der Waals surface area contributed by atoms with Crippen molar-refractivity contribution in [3.63, 3.8) is 0 Å². The topological polar surface area (TPSA) is 46.5 Å². The number of carboxylic acids is 1. The fraction of sp³-hybridized carbons (Fsp3) is 0.462. The lowest BCUT2D eigenvalue weighted by atomic mass is 10.1. The molecule has 0 spiro atoms. The molecule has 1 aliphatic carbocycles. The summed E-state index contributed by atoms with van der Waals surface area (Å²) in [7, 11) is 0. The number of aromatic carboxylic acids is 1. The van der Waals surface area contributed by atoms with E-state index >= 15 is 0 Å². The van der Waals surface area contributed by atoms with E-state index in [1.807, 2.05) is 0 Å². The first-order valence-electron chi connectivity index (χ1n) is 5.93. The van der Waals surface area contributed by atoms with E-state index in [1.54, 1.807) is 0 Å². The van der Waals surface area contributed by atoms with Crippen molar-refractivity contribution in [3.8, 4) is 5.75 Å². The Bertz CT molecular complexity index is 454. The Morgan fingerprint density at radius 2 is 2.00 bits per heavy atom. The summed E-state index contributed by atoms with van der Waals surface area (Å²) in [6.07, 6.45) is 4.70. The Morgan fingerprint density at radius 3 is 2.61 bits per heavy atom. The van der Waals surface area contributed by atoms with E-state index in [-0.39, 0.29) is 16.3 Å². The van der Waals surface area contributed by atoms with Crippen LogP contribution in [-0.4, -0.2) is 17.7 Å². The van der Waals surface area contributed by atoms with Gasteiger partial charge in [0.1, 0.15) is 5.56 Å². The smallest absolute Gasteiger partial charge is 0.339 e. The van der Waals surface area contributed by atoms with Gasteiger partial charge in [-0.3, -0.25) is 0 Å². The monoisotopic (exact) mass is 288 g/mol. The van der Waals surface area contributed by atoms with Gasteiger partial charge in [-0.2, -0.15) is 0 Å². The maximum atomic E-state index is 11.1. The van der Waals surface area contributed by atoms with Gasteiger partial charge < -0.3 is 9.84 Å². The highest BCUT2D eigenvalue weighted by Crippen LogP contribution is 2.34. The Kier molecular flexibility index (Phi) is 4.36. The van der Waals surface area contributed by atoms with E-state index in [4.69, 9.17) is 33.0 Å². The van der Waals surface area contributed by atoms with Gasteiger partial charge in [0.05, 0.1) is 11.6 Å². The zero-order valence-electron chi connectivity index (χ0n) is 9.79. The van der Waals surface area contributed by atoms with E-state index in [2.05, 4.69) is 0 Å². The molecule has 1 aromatic carbocycles. The van der Waals surface area contributed by atoms with E-state index < -0.39 is 5.97 Å². The molecule has 1 aromatic rings. The van der Waals surface area contributed by atoms with Gasteiger partial charge in [0.15, 0.2) is 5.75 Å².